The van der Waals surface area contributed by atoms with Gasteiger partial charge in [-0.05, 0) is 49.6 Å². The van der Waals surface area contributed by atoms with Crippen molar-refractivity contribution < 1.29 is 19.1 Å². The van der Waals surface area contributed by atoms with Gasteiger partial charge >= 0.3 is 5.97 Å². The van der Waals surface area contributed by atoms with Crippen molar-refractivity contribution in [3.05, 3.63) is 54.1 Å². The highest BCUT2D eigenvalue weighted by molar-refractivity contribution is 6.08. The van der Waals surface area contributed by atoms with Gasteiger partial charge in [-0.15, -0.1) is 0 Å². The molecule has 0 spiro atoms. The Morgan fingerprint density at radius 2 is 1.79 bits per heavy atom. The van der Waals surface area contributed by atoms with Crippen LogP contribution in [0.3, 0.4) is 0 Å². The van der Waals surface area contributed by atoms with E-state index in [0.717, 1.165) is 41.6 Å². The average molecular weight is 450 g/mol. The van der Waals surface area contributed by atoms with Crippen LogP contribution in [0.1, 0.15) is 51.6 Å². The van der Waals surface area contributed by atoms with Gasteiger partial charge in [0.2, 0.25) is 11.9 Å². The molecule has 1 aliphatic heterocycles. The second-order valence-electron chi connectivity index (χ2n) is 8.21. The van der Waals surface area contributed by atoms with E-state index in [1.54, 1.807) is 11.8 Å². The summed E-state index contributed by atoms with van der Waals surface area (Å²) in [7, 11) is 0. The maximum Gasteiger partial charge on any atom is 0.321 e. The summed E-state index contributed by atoms with van der Waals surface area (Å²) in [6.45, 7) is 7.24. The first kappa shape index (κ1) is 22.8. The van der Waals surface area contributed by atoms with Crippen molar-refractivity contribution in [2.75, 3.05) is 24.7 Å². The number of unbranched alkanes of at least 4 members (excludes halogenated alkanes) is 1. The molecule has 0 saturated heterocycles. The number of carbonyl (C=O) groups is 2. The van der Waals surface area contributed by atoms with Crippen LogP contribution < -0.4 is 9.64 Å². The molecule has 2 heterocycles. The lowest BCUT2D eigenvalue weighted by Crippen LogP contribution is -2.50. The first-order chi connectivity index (χ1) is 16.1. The van der Waals surface area contributed by atoms with Gasteiger partial charge in [0.15, 0.2) is 5.92 Å². The summed E-state index contributed by atoms with van der Waals surface area (Å²) in [4.78, 5) is 33.3. The molecule has 2 atom stereocenters. The predicted octanol–water partition coefficient (Wildman–Crippen LogP) is 4.74. The Kier molecular flexibility index (Phi) is 6.96. The average Bonchev–Trinajstić information content (AvgIpc) is 3.21. The van der Waals surface area contributed by atoms with Gasteiger partial charge in [-0.3, -0.25) is 14.5 Å². The second kappa shape index (κ2) is 10.1. The number of nitrogens with zero attached hydrogens (tertiary/aromatic N) is 3. The maximum absolute atomic E-state index is 13.7. The monoisotopic (exact) mass is 449 g/mol. The normalized spacial score (nSPS) is 17.8. The molecule has 4 rings (SSSR count). The van der Waals surface area contributed by atoms with Crippen LogP contribution in [-0.4, -0.2) is 41.2 Å². The third-order valence-corrected chi connectivity index (χ3v) is 5.91. The molecular formula is C26H31N3O4. The molecule has 0 aliphatic carbocycles. The number of hydrogen-bond donors (Lipinski definition) is 0. The molecule has 3 aromatic rings. The number of para-hydroxylation sites is 2. The number of rotatable bonds is 9. The fourth-order valence-corrected chi connectivity index (χ4v) is 4.36. The molecule has 0 radical (unpaired) electrons. The molecular weight excluding hydrogens is 418 g/mol. The summed E-state index contributed by atoms with van der Waals surface area (Å²) in [5.41, 5.74) is 2.51. The molecule has 0 fully saturated rings. The number of imidazole rings is 1. The largest absolute Gasteiger partial charge is 0.494 e. The van der Waals surface area contributed by atoms with Crippen molar-refractivity contribution in [3.63, 3.8) is 0 Å². The van der Waals surface area contributed by atoms with E-state index in [1.165, 1.54) is 0 Å². The Morgan fingerprint density at radius 3 is 2.48 bits per heavy atom. The van der Waals surface area contributed by atoms with Crippen LogP contribution >= 0.6 is 0 Å². The molecule has 7 nitrogen and oxygen atoms in total. The maximum atomic E-state index is 13.7. The topological polar surface area (TPSA) is 73.7 Å². The zero-order valence-corrected chi connectivity index (χ0v) is 19.5. The first-order valence-electron chi connectivity index (χ1n) is 11.8. The number of anilines is 1. The minimum absolute atomic E-state index is 0.214. The van der Waals surface area contributed by atoms with Crippen molar-refractivity contribution in [3.8, 4) is 5.75 Å². The number of aromatic nitrogens is 2. The third-order valence-electron chi connectivity index (χ3n) is 5.91. The van der Waals surface area contributed by atoms with Crippen LogP contribution in [0.15, 0.2) is 48.5 Å². The number of ether oxygens (including phenoxy) is 2. The molecule has 2 aromatic carbocycles. The molecule has 1 aliphatic rings. The Labute approximate surface area is 194 Å². The summed E-state index contributed by atoms with van der Waals surface area (Å²) in [6.07, 6.45) is 2.66. The molecule has 0 unspecified atom stereocenters. The summed E-state index contributed by atoms with van der Waals surface area (Å²) in [5.74, 6) is -0.429. The molecule has 1 amide bonds. The lowest BCUT2D eigenvalue weighted by atomic mass is 9.89. The van der Waals surface area contributed by atoms with Crippen molar-refractivity contribution in [1.82, 2.24) is 9.55 Å². The van der Waals surface area contributed by atoms with Gasteiger partial charge in [0.1, 0.15) is 5.75 Å². The molecule has 174 valence electrons. The van der Waals surface area contributed by atoms with Crippen LogP contribution in [0.4, 0.5) is 5.95 Å². The highest BCUT2D eigenvalue weighted by Crippen LogP contribution is 2.41. The highest BCUT2D eigenvalue weighted by atomic mass is 16.5. The van der Waals surface area contributed by atoms with E-state index in [1.807, 2.05) is 53.1 Å². The van der Waals surface area contributed by atoms with E-state index >= 15 is 0 Å². The van der Waals surface area contributed by atoms with Crippen LogP contribution in [0.5, 0.6) is 5.75 Å². The number of fused-ring (bicyclic) bond motifs is 3. The lowest BCUT2D eigenvalue weighted by Gasteiger charge is -2.38. The van der Waals surface area contributed by atoms with Crippen LogP contribution in [-0.2, 0) is 14.3 Å². The quantitative estimate of drug-likeness (QED) is 0.348. The summed E-state index contributed by atoms with van der Waals surface area (Å²) < 4.78 is 13.1. The van der Waals surface area contributed by atoms with Crippen LogP contribution in [0, 0.1) is 5.92 Å². The summed E-state index contributed by atoms with van der Waals surface area (Å²) >= 11 is 0. The third kappa shape index (κ3) is 4.32. The minimum Gasteiger partial charge on any atom is -0.494 e. The van der Waals surface area contributed by atoms with E-state index in [0.29, 0.717) is 19.1 Å². The summed E-state index contributed by atoms with van der Waals surface area (Å²) in [5, 5.41) is 0. The van der Waals surface area contributed by atoms with Crippen molar-refractivity contribution in [2.24, 2.45) is 5.92 Å². The van der Waals surface area contributed by atoms with Crippen molar-refractivity contribution >= 4 is 28.9 Å². The molecule has 0 N–H and O–H groups in total. The summed E-state index contributed by atoms with van der Waals surface area (Å²) in [6, 6.07) is 14.9. The van der Waals surface area contributed by atoms with Gasteiger partial charge < -0.3 is 14.0 Å². The Hall–Kier alpha value is -3.35. The number of hydrogen-bond acceptors (Lipinski definition) is 5. The fraction of sp³-hybridized carbons (Fsp3) is 0.423. The first-order valence-corrected chi connectivity index (χ1v) is 11.8. The standard InChI is InChI=1S/C26H31N3O4/c1-4-7-16-28-24(30)22(25(31)32-6-3)23(18-12-14-19(15-13-18)33-17-5-2)29-21-11-9-8-10-20(21)27-26(28)29/h8-15,22-23H,4-7,16-17H2,1-3H3/t22-,23+/m1/s1. The zero-order chi connectivity index (χ0) is 23.4. The molecule has 33 heavy (non-hydrogen) atoms. The predicted molar refractivity (Wildman–Crippen MR) is 127 cm³/mol. The molecule has 0 saturated carbocycles. The van der Waals surface area contributed by atoms with E-state index in [9.17, 15) is 9.59 Å². The molecule has 7 heteroatoms. The Morgan fingerprint density at radius 1 is 1.03 bits per heavy atom. The van der Waals surface area contributed by atoms with Crippen LogP contribution in [0.25, 0.3) is 11.0 Å². The highest BCUT2D eigenvalue weighted by Gasteiger charge is 2.47. The molecule has 0 bridgehead atoms. The zero-order valence-electron chi connectivity index (χ0n) is 19.5. The van der Waals surface area contributed by atoms with E-state index in [4.69, 9.17) is 14.5 Å². The van der Waals surface area contributed by atoms with Crippen molar-refractivity contribution in [1.29, 1.82) is 0 Å². The van der Waals surface area contributed by atoms with E-state index in [2.05, 4.69) is 13.8 Å². The van der Waals surface area contributed by atoms with Gasteiger partial charge in [-0.1, -0.05) is 44.5 Å². The lowest BCUT2D eigenvalue weighted by molar-refractivity contribution is -0.153. The van der Waals surface area contributed by atoms with E-state index < -0.39 is 17.9 Å². The SMILES string of the molecule is CCCCN1C(=O)[C@H](C(=O)OCC)[C@H](c2ccc(OCCC)cc2)n2c1nc1ccccc12. The smallest absolute Gasteiger partial charge is 0.321 e. The van der Waals surface area contributed by atoms with Gasteiger partial charge in [-0.25, -0.2) is 4.98 Å². The van der Waals surface area contributed by atoms with Gasteiger partial charge in [0.05, 0.1) is 30.3 Å². The van der Waals surface area contributed by atoms with Gasteiger partial charge in [-0.2, -0.15) is 0 Å². The minimum atomic E-state index is -0.991. The van der Waals surface area contributed by atoms with Gasteiger partial charge in [0, 0.05) is 6.54 Å². The second-order valence-corrected chi connectivity index (χ2v) is 8.21. The van der Waals surface area contributed by atoms with Crippen molar-refractivity contribution in [2.45, 2.75) is 46.1 Å². The number of carbonyl (C=O) groups excluding carboxylic acids is 2. The Balaban J connectivity index is 1.88. The fourth-order valence-electron chi connectivity index (χ4n) is 4.36. The van der Waals surface area contributed by atoms with E-state index in [-0.39, 0.29) is 12.5 Å². The number of esters is 1. The number of amides is 1. The van der Waals surface area contributed by atoms with Crippen LogP contribution in [0.2, 0.25) is 0 Å². The number of benzene rings is 2. The Bertz CT molecular complexity index is 1120. The molecule has 1 aromatic heterocycles. The van der Waals surface area contributed by atoms with Gasteiger partial charge in [0.25, 0.3) is 0 Å².